The number of rotatable bonds is 6. The number of hydrazine groups is 1. The molecule has 178 valence electrons. The van der Waals surface area contributed by atoms with Crippen LogP contribution in [0, 0.1) is 0 Å². The Morgan fingerprint density at radius 2 is 1.77 bits per heavy atom. The Hall–Kier alpha value is -4.37. The lowest BCUT2D eigenvalue weighted by atomic mass is 9.97. The minimum absolute atomic E-state index is 0.144. The van der Waals surface area contributed by atoms with Crippen molar-refractivity contribution >= 4 is 34.2 Å². The Morgan fingerprint density at radius 3 is 2.60 bits per heavy atom. The van der Waals surface area contributed by atoms with Gasteiger partial charge in [-0.05, 0) is 35.4 Å². The monoisotopic (exact) mass is 470 g/mol. The summed E-state index contributed by atoms with van der Waals surface area (Å²) in [6, 6.07) is 20.9. The van der Waals surface area contributed by atoms with Gasteiger partial charge in [-0.3, -0.25) is 15.3 Å². The van der Waals surface area contributed by atoms with E-state index in [0.29, 0.717) is 30.3 Å². The minimum Gasteiger partial charge on any atom is -0.495 e. The Morgan fingerprint density at radius 1 is 1.00 bits per heavy atom. The highest BCUT2D eigenvalue weighted by molar-refractivity contribution is 5.96. The van der Waals surface area contributed by atoms with Crippen LogP contribution in [0.4, 0.5) is 16.3 Å². The lowest BCUT2D eigenvalue weighted by Crippen LogP contribution is -2.41. The molecule has 1 aliphatic heterocycles. The number of aromatic nitrogens is 2. The molecule has 5 rings (SSSR count). The van der Waals surface area contributed by atoms with Gasteiger partial charge in [0.2, 0.25) is 5.91 Å². The molecule has 0 spiro atoms. The summed E-state index contributed by atoms with van der Waals surface area (Å²) in [4.78, 5) is 25.5. The first-order chi connectivity index (χ1) is 17.0. The van der Waals surface area contributed by atoms with Gasteiger partial charge in [-0.1, -0.05) is 54.6 Å². The van der Waals surface area contributed by atoms with Crippen molar-refractivity contribution in [3.8, 4) is 5.75 Å². The normalized spacial score (nSPS) is 13.8. The maximum absolute atomic E-state index is 13.0. The first-order valence-electron chi connectivity index (χ1n) is 11.3. The van der Waals surface area contributed by atoms with Crippen LogP contribution >= 0.6 is 0 Å². The van der Waals surface area contributed by atoms with Crippen molar-refractivity contribution in [3.05, 3.63) is 83.6 Å². The number of hydrogen-bond donors (Lipinski definition) is 4. The third kappa shape index (κ3) is 4.67. The number of urea groups is 1. The number of benzene rings is 3. The Bertz CT molecular complexity index is 1400. The summed E-state index contributed by atoms with van der Waals surface area (Å²) in [5, 5.41) is 17.0. The number of amides is 3. The van der Waals surface area contributed by atoms with E-state index in [4.69, 9.17) is 4.74 Å². The van der Waals surface area contributed by atoms with Gasteiger partial charge >= 0.3 is 6.03 Å². The number of nitrogens with zero attached hydrogens (tertiary/aromatic N) is 2. The van der Waals surface area contributed by atoms with Crippen LogP contribution in [0.25, 0.3) is 10.8 Å². The lowest BCUT2D eigenvalue weighted by Gasteiger charge is -2.18. The fourth-order valence-corrected chi connectivity index (χ4v) is 4.22. The Labute approximate surface area is 202 Å². The van der Waals surface area contributed by atoms with Crippen LogP contribution in [0.15, 0.2) is 66.7 Å². The number of methoxy groups -OCH3 is 1. The molecular weight excluding hydrogens is 444 g/mol. The second-order valence-corrected chi connectivity index (χ2v) is 8.47. The molecule has 0 radical (unpaired) electrons. The molecule has 0 saturated heterocycles. The van der Waals surface area contributed by atoms with E-state index in [0.717, 1.165) is 27.6 Å². The van der Waals surface area contributed by atoms with Gasteiger partial charge in [-0.2, -0.15) is 5.10 Å². The molecule has 3 aromatic carbocycles. The number of anilines is 2. The summed E-state index contributed by atoms with van der Waals surface area (Å²) >= 11 is 0. The Balaban J connectivity index is 1.21. The van der Waals surface area contributed by atoms with Crippen LogP contribution in [0.5, 0.6) is 5.75 Å². The molecule has 1 aliphatic rings. The van der Waals surface area contributed by atoms with Gasteiger partial charge in [-0.25, -0.2) is 9.80 Å². The number of hydrogen-bond acceptors (Lipinski definition) is 5. The zero-order valence-electron chi connectivity index (χ0n) is 19.5. The molecule has 0 saturated carbocycles. The van der Waals surface area contributed by atoms with Crippen LogP contribution in [-0.2, 0) is 17.9 Å². The lowest BCUT2D eigenvalue weighted by molar-refractivity contribution is -0.117. The fourth-order valence-electron chi connectivity index (χ4n) is 4.22. The predicted octanol–water partition coefficient (Wildman–Crippen LogP) is 4.37. The Kier molecular flexibility index (Phi) is 6.07. The largest absolute Gasteiger partial charge is 0.495 e. The van der Waals surface area contributed by atoms with Gasteiger partial charge in [0.25, 0.3) is 0 Å². The number of aromatic amines is 1. The van der Waals surface area contributed by atoms with Crippen molar-refractivity contribution in [2.75, 3.05) is 17.7 Å². The number of ether oxygens (including phenoxy) is 1. The molecule has 9 nitrogen and oxygen atoms in total. The molecule has 1 unspecified atom stereocenters. The second-order valence-electron chi connectivity index (χ2n) is 8.47. The van der Waals surface area contributed by atoms with Crippen LogP contribution in [0.3, 0.4) is 0 Å². The van der Waals surface area contributed by atoms with Crippen LogP contribution in [0.2, 0.25) is 0 Å². The molecule has 2 heterocycles. The van der Waals surface area contributed by atoms with E-state index in [-0.39, 0.29) is 17.9 Å². The van der Waals surface area contributed by atoms with Crippen LogP contribution in [-0.4, -0.2) is 34.3 Å². The predicted molar refractivity (Wildman–Crippen MR) is 134 cm³/mol. The fraction of sp³-hybridized carbons (Fsp3) is 0.192. The third-order valence-electron chi connectivity index (χ3n) is 6.17. The smallest absolute Gasteiger partial charge is 0.333 e. The van der Waals surface area contributed by atoms with Gasteiger partial charge in [0, 0.05) is 12.1 Å². The van der Waals surface area contributed by atoms with Gasteiger partial charge in [0.1, 0.15) is 5.75 Å². The maximum Gasteiger partial charge on any atom is 0.333 e. The van der Waals surface area contributed by atoms with E-state index < -0.39 is 0 Å². The van der Waals surface area contributed by atoms with Crippen molar-refractivity contribution < 1.29 is 14.3 Å². The number of carbonyl (C=O) groups excluding carboxylic acids is 2. The molecule has 4 aromatic rings. The van der Waals surface area contributed by atoms with Crippen molar-refractivity contribution in [3.63, 3.8) is 0 Å². The first-order valence-corrected chi connectivity index (χ1v) is 11.3. The molecule has 0 bridgehead atoms. The van der Waals surface area contributed by atoms with E-state index in [2.05, 4.69) is 26.3 Å². The van der Waals surface area contributed by atoms with Crippen molar-refractivity contribution in [1.29, 1.82) is 0 Å². The maximum atomic E-state index is 13.0. The molecule has 4 N–H and O–H groups in total. The van der Waals surface area contributed by atoms with Crippen LogP contribution in [0.1, 0.15) is 29.7 Å². The minimum atomic E-state index is -0.386. The van der Waals surface area contributed by atoms with Gasteiger partial charge in [0.05, 0.1) is 31.0 Å². The number of para-hydroxylation sites is 2. The summed E-state index contributed by atoms with van der Waals surface area (Å²) in [6.07, 6.45) is 0. The third-order valence-corrected chi connectivity index (χ3v) is 6.17. The van der Waals surface area contributed by atoms with Crippen molar-refractivity contribution in [2.45, 2.75) is 25.9 Å². The average Bonchev–Trinajstić information content (AvgIpc) is 3.44. The summed E-state index contributed by atoms with van der Waals surface area (Å²) in [6.45, 7) is 2.73. The molecule has 0 fully saturated rings. The van der Waals surface area contributed by atoms with E-state index in [9.17, 15) is 9.59 Å². The van der Waals surface area contributed by atoms with E-state index in [1.165, 1.54) is 0 Å². The highest BCUT2D eigenvalue weighted by atomic mass is 16.5. The number of carbonyl (C=O) groups is 2. The molecule has 0 aliphatic carbocycles. The highest BCUT2D eigenvalue weighted by Crippen LogP contribution is 2.28. The summed E-state index contributed by atoms with van der Waals surface area (Å²) in [5.74, 6) is 0.556. The molecule has 35 heavy (non-hydrogen) atoms. The summed E-state index contributed by atoms with van der Waals surface area (Å²) in [5.41, 5.74) is 6.02. The van der Waals surface area contributed by atoms with E-state index in [1.807, 2.05) is 61.5 Å². The molecular formula is C26H26N6O3. The second kappa shape index (κ2) is 9.47. The van der Waals surface area contributed by atoms with E-state index in [1.54, 1.807) is 24.3 Å². The number of H-pyrrole nitrogens is 1. The quantitative estimate of drug-likeness (QED) is 0.335. The molecule has 9 heteroatoms. The SMILES string of the molecule is COc1ccccc1NC(=O)NN1Cc2[nH]nc(NC(=O)C(C)c3ccc4ccccc4c3)c2C1. The molecule has 1 aromatic heterocycles. The topological polar surface area (TPSA) is 111 Å². The molecule has 1 atom stereocenters. The van der Waals surface area contributed by atoms with E-state index >= 15 is 0 Å². The standard InChI is InChI=1S/C26H26N6O3/c1-16(18-12-11-17-7-3-4-8-19(17)13-18)25(33)28-24-20-14-32(15-22(20)29-30-24)31-26(34)27-21-9-5-6-10-23(21)35-2/h3-13,16H,14-15H2,1-2H3,(H2,27,31,34)(H2,28,29,30,33). The van der Waals surface area contributed by atoms with Crippen LogP contribution < -0.4 is 20.8 Å². The highest BCUT2D eigenvalue weighted by Gasteiger charge is 2.28. The average molecular weight is 471 g/mol. The number of nitrogens with one attached hydrogen (secondary N) is 4. The van der Waals surface area contributed by atoms with Gasteiger partial charge in [0.15, 0.2) is 5.82 Å². The van der Waals surface area contributed by atoms with Crippen molar-refractivity contribution in [1.82, 2.24) is 20.6 Å². The zero-order valence-corrected chi connectivity index (χ0v) is 19.5. The number of fused-ring (bicyclic) bond motifs is 2. The first kappa shape index (κ1) is 22.4. The van der Waals surface area contributed by atoms with Crippen molar-refractivity contribution in [2.24, 2.45) is 0 Å². The summed E-state index contributed by atoms with van der Waals surface area (Å²) in [7, 11) is 1.55. The van der Waals surface area contributed by atoms with Gasteiger partial charge in [-0.15, -0.1) is 0 Å². The zero-order chi connectivity index (χ0) is 24.4. The van der Waals surface area contributed by atoms with Gasteiger partial charge < -0.3 is 15.4 Å². The molecule has 3 amide bonds. The summed E-state index contributed by atoms with van der Waals surface area (Å²) < 4.78 is 5.27.